The van der Waals surface area contributed by atoms with Crippen LogP contribution in [-0.4, -0.2) is 13.3 Å². The van der Waals surface area contributed by atoms with Crippen molar-refractivity contribution in [3.05, 3.63) is 11.8 Å². The maximum absolute atomic E-state index is 5.33. The van der Waals surface area contributed by atoms with E-state index in [4.69, 9.17) is 5.73 Å². The summed E-state index contributed by atoms with van der Waals surface area (Å²) < 4.78 is 0. The first-order valence-corrected chi connectivity index (χ1v) is 2.43. The summed E-state index contributed by atoms with van der Waals surface area (Å²) in [5, 5.41) is 3.67. The summed E-state index contributed by atoms with van der Waals surface area (Å²) in [6.45, 7) is 1.86. The molecule has 8 heavy (non-hydrogen) atoms. The molecular formula is C5H11N3. The van der Waals surface area contributed by atoms with Crippen LogP contribution >= 0.6 is 0 Å². The van der Waals surface area contributed by atoms with Crippen LogP contribution in [0.2, 0.25) is 0 Å². The van der Waals surface area contributed by atoms with Crippen LogP contribution in [0.5, 0.6) is 0 Å². The van der Waals surface area contributed by atoms with E-state index in [0.29, 0.717) is 5.70 Å². The summed E-state index contributed by atoms with van der Waals surface area (Å²) in [4.78, 5) is 0. The topological polar surface area (TPSA) is 50.4 Å². The summed E-state index contributed by atoms with van der Waals surface area (Å²) in [5.41, 5.74) is 8.58. The number of hydrazone groups is 1. The van der Waals surface area contributed by atoms with E-state index in [9.17, 15) is 0 Å². The van der Waals surface area contributed by atoms with Crippen LogP contribution in [0.25, 0.3) is 0 Å². The Kier molecular flexibility index (Phi) is 3.66. The molecule has 3 nitrogen and oxygen atoms in total. The van der Waals surface area contributed by atoms with Crippen molar-refractivity contribution in [1.82, 2.24) is 5.43 Å². The predicted molar refractivity (Wildman–Crippen MR) is 35.5 cm³/mol. The van der Waals surface area contributed by atoms with Crippen LogP contribution in [0, 0.1) is 0 Å². The normalized spacial score (nSPS) is 12.5. The lowest BCUT2D eigenvalue weighted by atomic mass is 10.5. The molecule has 0 amide bonds. The largest absolute Gasteiger partial charge is 0.398 e. The molecule has 0 aliphatic rings. The quantitative estimate of drug-likeness (QED) is 0.393. The summed E-state index contributed by atoms with van der Waals surface area (Å²) in [6.07, 6.45) is 3.33. The standard InChI is InChI=1S/C5H11N3/c1-3-5(6)4-8-7-2/h3-4,7H,6H2,1-2H3/b5-3+,8-4-. The van der Waals surface area contributed by atoms with Gasteiger partial charge in [-0.2, -0.15) is 5.10 Å². The Bertz CT molecular complexity index is 104. The van der Waals surface area contributed by atoms with Gasteiger partial charge in [-0.1, -0.05) is 6.08 Å². The summed E-state index contributed by atoms with van der Waals surface area (Å²) in [5.74, 6) is 0. The van der Waals surface area contributed by atoms with Crippen molar-refractivity contribution in [2.45, 2.75) is 6.92 Å². The monoisotopic (exact) mass is 113 g/mol. The number of hydrogen-bond acceptors (Lipinski definition) is 3. The van der Waals surface area contributed by atoms with Gasteiger partial charge in [-0.3, -0.25) is 0 Å². The second kappa shape index (κ2) is 4.18. The molecule has 0 aromatic carbocycles. The van der Waals surface area contributed by atoms with Crippen molar-refractivity contribution in [2.75, 3.05) is 7.05 Å². The average Bonchev–Trinajstić information content (AvgIpc) is 1.83. The van der Waals surface area contributed by atoms with E-state index in [1.165, 1.54) is 0 Å². The third-order valence-electron chi connectivity index (χ3n) is 0.676. The Balaban J connectivity index is 3.53. The third kappa shape index (κ3) is 3.21. The molecule has 0 bridgehead atoms. The van der Waals surface area contributed by atoms with Gasteiger partial charge >= 0.3 is 0 Å². The molecule has 0 saturated heterocycles. The fraction of sp³-hybridized carbons (Fsp3) is 0.400. The SMILES string of the molecule is C/C=C(N)\C=N/NC. The zero-order chi connectivity index (χ0) is 6.41. The summed E-state index contributed by atoms with van der Waals surface area (Å²) >= 11 is 0. The molecule has 3 heteroatoms. The molecule has 0 atom stereocenters. The molecule has 0 aromatic rings. The van der Waals surface area contributed by atoms with Crippen LogP contribution in [0.15, 0.2) is 16.9 Å². The smallest absolute Gasteiger partial charge is 0.0694 e. The van der Waals surface area contributed by atoms with Crippen molar-refractivity contribution in [2.24, 2.45) is 10.8 Å². The molecule has 0 saturated carbocycles. The zero-order valence-corrected chi connectivity index (χ0v) is 5.18. The van der Waals surface area contributed by atoms with Crippen molar-refractivity contribution in [3.8, 4) is 0 Å². The minimum Gasteiger partial charge on any atom is -0.398 e. The number of hydrogen-bond donors (Lipinski definition) is 2. The van der Waals surface area contributed by atoms with Crippen molar-refractivity contribution < 1.29 is 0 Å². The molecule has 3 N–H and O–H groups in total. The second-order valence-electron chi connectivity index (χ2n) is 1.27. The number of allylic oxidation sites excluding steroid dienone is 2. The Morgan fingerprint density at radius 2 is 2.38 bits per heavy atom. The Labute approximate surface area is 49.3 Å². The number of nitrogens with zero attached hydrogens (tertiary/aromatic N) is 1. The van der Waals surface area contributed by atoms with E-state index < -0.39 is 0 Å². The van der Waals surface area contributed by atoms with Crippen molar-refractivity contribution >= 4 is 6.21 Å². The van der Waals surface area contributed by atoms with E-state index in [1.807, 2.05) is 6.92 Å². The van der Waals surface area contributed by atoms with Crippen LogP contribution in [0.4, 0.5) is 0 Å². The molecule has 0 fully saturated rings. The van der Waals surface area contributed by atoms with E-state index in [0.717, 1.165) is 0 Å². The number of nitrogens with one attached hydrogen (secondary N) is 1. The van der Waals surface area contributed by atoms with Gasteiger partial charge < -0.3 is 11.2 Å². The van der Waals surface area contributed by atoms with Gasteiger partial charge in [0.2, 0.25) is 0 Å². The highest BCUT2D eigenvalue weighted by Gasteiger charge is 1.73. The lowest BCUT2D eigenvalue weighted by molar-refractivity contribution is 0.907. The van der Waals surface area contributed by atoms with Gasteiger partial charge in [-0.15, -0.1) is 0 Å². The first kappa shape index (κ1) is 7.01. The van der Waals surface area contributed by atoms with Gasteiger partial charge in [-0.05, 0) is 6.92 Å². The third-order valence-corrected chi connectivity index (χ3v) is 0.676. The summed E-state index contributed by atoms with van der Waals surface area (Å²) in [6, 6.07) is 0. The van der Waals surface area contributed by atoms with E-state index in [1.54, 1.807) is 19.3 Å². The fourth-order valence-corrected chi connectivity index (χ4v) is 0.214. The second-order valence-corrected chi connectivity index (χ2v) is 1.27. The molecule has 0 radical (unpaired) electrons. The lowest BCUT2D eigenvalue weighted by Crippen LogP contribution is -2.01. The van der Waals surface area contributed by atoms with Gasteiger partial charge in [0.15, 0.2) is 0 Å². The van der Waals surface area contributed by atoms with Crippen molar-refractivity contribution in [3.63, 3.8) is 0 Å². The van der Waals surface area contributed by atoms with E-state index in [-0.39, 0.29) is 0 Å². The lowest BCUT2D eigenvalue weighted by Gasteiger charge is -1.86. The predicted octanol–water partition coefficient (Wildman–Crippen LogP) is 0.0541. The van der Waals surface area contributed by atoms with Gasteiger partial charge in [0.1, 0.15) is 0 Å². The molecule has 0 unspecified atom stereocenters. The first-order chi connectivity index (χ1) is 3.81. The molecule has 0 heterocycles. The Morgan fingerprint density at radius 3 is 2.75 bits per heavy atom. The molecule has 0 aromatic heterocycles. The zero-order valence-electron chi connectivity index (χ0n) is 5.18. The molecule has 46 valence electrons. The van der Waals surface area contributed by atoms with Gasteiger partial charge in [-0.25, -0.2) is 0 Å². The highest BCUT2D eigenvalue weighted by atomic mass is 15.3. The van der Waals surface area contributed by atoms with Gasteiger partial charge in [0.25, 0.3) is 0 Å². The molecule has 0 rings (SSSR count). The molecular weight excluding hydrogens is 102 g/mol. The summed E-state index contributed by atoms with van der Waals surface area (Å²) in [7, 11) is 1.72. The molecule has 0 aliphatic carbocycles. The van der Waals surface area contributed by atoms with Gasteiger partial charge in [0.05, 0.1) is 6.21 Å². The number of nitrogens with two attached hydrogens (primary N) is 1. The number of rotatable bonds is 2. The van der Waals surface area contributed by atoms with Crippen LogP contribution in [0.1, 0.15) is 6.92 Å². The molecule has 0 aliphatic heterocycles. The van der Waals surface area contributed by atoms with Gasteiger partial charge in [0, 0.05) is 12.7 Å². The van der Waals surface area contributed by atoms with E-state index >= 15 is 0 Å². The van der Waals surface area contributed by atoms with Crippen LogP contribution < -0.4 is 11.2 Å². The fourth-order valence-electron chi connectivity index (χ4n) is 0.214. The minimum atomic E-state index is 0.666. The minimum absolute atomic E-state index is 0.666. The van der Waals surface area contributed by atoms with Crippen LogP contribution in [-0.2, 0) is 0 Å². The molecule has 0 spiro atoms. The Morgan fingerprint density at radius 1 is 1.75 bits per heavy atom. The maximum Gasteiger partial charge on any atom is 0.0694 e. The van der Waals surface area contributed by atoms with Crippen molar-refractivity contribution in [1.29, 1.82) is 0 Å². The average molecular weight is 113 g/mol. The van der Waals surface area contributed by atoms with E-state index in [2.05, 4.69) is 10.5 Å². The maximum atomic E-state index is 5.33. The van der Waals surface area contributed by atoms with Crippen LogP contribution in [0.3, 0.4) is 0 Å². The highest BCUT2D eigenvalue weighted by molar-refractivity contribution is 5.76. The Hall–Kier alpha value is -0.990. The first-order valence-electron chi connectivity index (χ1n) is 2.43. The highest BCUT2D eigenvalue weighted by Crippen LogP contribution is 1.72.